The summed E-state index contributed by atoms with van der Waals surface area (Å²) in [5.41, 5.74) is 2.14. The van der Waals surface area contributed by atoms with Gasteiger partial charge in [-0.15, -0.1) is 10.2 Å². The monoisotopic (exact) mass is 439 g/mol. The van der Waals surface area contributed by atoms with Crippen LogP contribution in [-0.4, -0.2) is 18.6 Å². The molecule has 0 bridgehead atoms. The van der Waals surface area contributed by atoms with Crippen LogP contribution in [0, 0.1) is 6.92 Å². The normalized spacial score (nSPS) is 11.4. The molecule has 8 heteroatoms. The van der Waals surface area contributed by atoms with Crippen molar-refractivity contribution in [3.8, 4) is 11.5 Å². The Morgan fingerprint density at radius 2 is 1.67 bits per heavy atom. The summed E-state index contributed by atoms with van der Waals surface area (Å²) in [6, 6.07) is 22.5. The molecule has 0 fully saturated rings. The highest BCUT2D eigenvalue weighted by Gasteiger charge is 2.27. The van der Waals surface area contributed by atoms with Crippen molar-refractivity contribution < 1.29 is 12.8 Å². The van der Waals surface area contributed by atoms with Gasteiger partial charge in [-0.3, -0.25) is 4.31 Å². The summed E-state index contributed by atoms with van der Waals surface area (Å²) in [4.78, 5) is 0.187. The summed E-state index contributed by atoms with van der Waals surface area (Å²) < 4.78 is 33.8. The number of para-hydroxylation sites is 1. The van der Waals surface area contributed by atoms with Gasteiger partial charge in [-0.25, -0.2) is 8.42 Å². The molecule has 0 aliphatic heterocycles. The highest BCUT2D eigenvalue weighted by atomic mass is 35.5. The maximum Gasteiger partial charge on any atom is 0.264 e. The van der Waals surface area contributed by atoms with Crippen molar-refractivity contribution in [2.75, 3.05) is 4.31 Å². The van der Waals surface area contributed by atoms with E-state index in [2.05, 4.69) is 10.2 Å². The van der Waals surface area contributed by atoms with Crippen LogP contribution in [0.3, 0.4) is 0 Å². The number of rotatable bonds is 6. The lowest BCUT2D eigenvalue weighted by Gasteiger charge is -2.23. The standard InChI is InChI=1S/C22H18ClN3O3S/c1-16-10-12-20(13-11-16)30(27,28)26(19-8-3-2-4-9-19)15-21-24-25-22(29-21)17-6-5-7-18(23)14-17/h2-14H,15H2,1H3. The van der Waals surface area contributed by atoms with E-state index in [0.29, 0.717) is 16.3 Å². The van der Waals surface area contributed by atoms with Gasteiger partial charge in [0.2, 0.25) is 11.8 Å². The minimum absolute atomic E-state index is 0.103. The number of halogens is 1. The average molecular weight is 440 g/mol. The van der Waals surface area contributed by atoms with Crippen molar-refractivity contribution >= 4 is 27.3 Å². The molecular formula is C22H18ClN3O3S. The van der Waals surface area contributed by atoms with Crippen molar-refractivity contribution in [3.05, 3.63) is 95.3 Å². The fraction of sp³-hybridized carbons (Fsp3) is 0.0909. The Bertz CT molecular complexity index is 1260. The Labute approximate surface area is 179 Å². The summed E-state index contributed by atoms with van der Waals surface area (Å²) >= 11 is 6.03. The Balaban J connectivity index is 1.71. The van der Waals surface area contributed by atoms with Gasteiger partial charge < -0.3 is 4.42 Å². The molecule has 152 valence electrons. The van der Waals surface area contributed by atoms with Crippen LogP contribution in [0.4, 0.5) is 5.69 Å². The number of hydrogen-bond acceptors (Lipinski definition) is 5. The van der Waals surface area contributed by atoms with E-state index in [4.69, 9.17) is 16.0 Å². The second-order valence-electron chi connectivity index (χ2n) is 6.67. The molecule has 0 spiro atoms. The summed E-state index contributed by atoms with van der Waals surface area (Å²) in [5.74, 6) is 0.442. The fourth-order valence-corrected chi connectivity index (χ4v) is 4.53. The largest absolute Gasteiger partial charge is 0.419 e. The van der Waals surface area contributed by atoms with Crippen LogP contribution in [-0.2, 0) is 16.6 Å². The van der Waals surface area contributed by atoms with E-state index in [1.807, 2.05) is 13.0 Å². The van der Waals surface area contributed by atoms with Gasteiger partial charge in [-0.1, -0.05) is 53.6 Å². The number of anilines is 1. The van der Waals surface area contributed by atoms with Crippen LogP contribution in [0.5, 0.6) is 0 Å². The molecule has 3 aromatic carbocycles. The van der Waals surface area contributed by atoms with Gasteiger partial charge in [0, 0.05) is 10.6 Å². The molecule has 4 aromatic rings. The SMILES string of the molecule is Cc1ccc(S(=O)(=O)N(Cc2nnc(-c3cccc(Cl)c3)o2)c2ccccc2)cc1. The van der Waals surface area contributed by atoms with Crippen molar-refractivity contribution in [1.82, 2.24) is 10.2 Å². The molecule has 0 aliphatic rings. The molecular weight excluding hydrogens is 422 g/mol. The predicted octanol–water partition coefficient (Wildman–Crippen LogP) is 5.09. The molecule has 0 saturated heterocycles. The third kappa shape index (κ3) is 4.22. The zero-order valence-electron chi connectivity index (χ0n) is 16.1. The highest BCUT2D eigenvalue weighted by molar-refractivity contribution is 7.92. The van der Waals surface area contributed by atoms with Crippen molar-refractivity contribution in [1.29, 1.82) is 0 Å². The number of hydrogen-bond donors (Lipinski definition) is 0. The second-order valence-corrected chi connectivity index (χ2v) is 8.97. The lowest BCUT2D eigenvalue weighted by atomic mass is 10.2. The first kappa shape index (κ1) is 20.1. The van der Waals surface area contributed by atoms with Crippen LogP contribution >= 0.6 is 11.6 Å². The van der Waals surface area contributed by atoms with Gasteiger partial charge in [-0.05, 0) is 49.4 Å². The van der Waals surface area contributed by atoms with E-state index in [-0.39, 0.29) is 23.2 Å². The molecule has 1 heterocycles. The van der Waals surface area contributed by atoms with Crippen LogP contribution < -0.4 is 4.31 Å². The predicted molar refractivity (Wildman–Crippen MR) is 116 cm³/mol. The first-order chi connectivity index (χ1) is 14.4. The molecule has 0 unspecified atom stereocenters. The minimum Gasteiger partial charge on any atom is -0.419 e. The zero-order chi connectivity index (χ0) is 21.1. The van der Waals surface area contributed by atoms with Gasteiger partial charge in [0.1, 0.15) is 6.54 Å². The minimum atomic E-state index is -3.85. The van der Waals surface area contributed by atoms with E-state index < -0.39 is 10.0 Å². The van der Waals surface area contributed by atoms with Crippen molar-refractivity contribution in [2.24, 2.45) is 0 Å². The van der Waals surface area contributed by atoms with Gasteiger partial charge in [0.05, 0.1) is 10.6 Å². The summed E-state index contributed by atoms with van der Waals surface area (Å²) in [7, 11) is -3.85. The van der Waals surface area contributed by atoms with E-state index in [0.717, 1.165) is 5.56 Å². The number of aromatic nitrogens is 2. The molecule has 0 amide bonds. The average Bonchev–Trinajstić information content (AvgIpc) is 3.22. The summed E-state index contributed by atoms with van der Waals surface area (Å²) in [6.45, 7) is 1.80. The molecule has 4 rings (SSSR count). The Morgan fingerprint density at radius 1 is 0.933 bits per heavy atom. The molecule has 0 saturated carbocycles. The summed E-state index contributed by atoms with van der Waals surface area (Å²) in [6.07, 6.45) is 0. The maximum atomic E-state index is 13.4. The van der Waals surface area contributed by atoms with Crippen molar-refractivity contribution in [3.63, 3.8) is 0 Å². The summed E-state index contributed by atoms with van der Waals surface area (Å²) in [5, 5.41) is 8.63. The number of benzene rings is 3. The molecule has 0 radical (unpaired) electrons. The molecule has 0 atom stereocenters. The lowest BCUT2D eigenvalue weighted by molar-refractivity contribution is 0.505. The topological polar surface area (TPSA) is 76.3 Å². The second kappa shape index (κ2) is 8.30. The maximum absolute atomic E-state index is 13.4. The van der Waals surface area contributed by atoms with Crippen LogP contribution in [0.15, 0.2) is 88.2 Å². The third-order valence-corrected chi connectivity index (χ3v) is 6.49. The number of nitrogens with zero attached hydrogens (tertiary/aromatic N) is 3. The number of aryl methyl sites for hydroxylation is 1. The van der Waals surface area contributed by atoms with Crippen LogP contribution in [0.1, 0.15) is 11.5 Å². The van der Waals surface area contributed by atoms with Gasteiger partial charge in [-0.2, -0.15) is 0 Å². The van der Waals surface area contributed by atoms with Crippen LogP contribution in [0.2, 0.25) is 5.02 Å². The Kier molecular flexibility index (Phi) is 5.57. The quantitative estimate of drug-likeness (QED) is 0.418. The first-order valence-corrected chi connectivity index (χ1v) is 11.0. The lowest BCUT2D eigenvalue weighted by Crippen LogP contribution is -2.30. The highest BCUT2D eigenvalue weighted by Crippen LogP contribution is 2.27. The van der Waals surface area contributed by atoms with Gasteiger partial charge >= 0.3 is 0 Å². The molecule has 0 N–H and O–H groups in total. The zero-order valence-corrected chi connectivity index (χ0v) is 17.6. The molecule has 30 heavy (non-hydrogen) atoms. The van der Waals surface area contributed by atoms with Gasteiger partial charge in [0.25, 0.3) is 10.0 Å². The Hall–Kier alpha value is -3.16. The first-order valence-electron chi connectivity index (χ1n) is 9.16. The Morgan fingerprint density at radius 3 is 2.37 bits per heavy atom. The fourth-order valence-electron chi connectivity index (χ4n) is 2.93. The van der Waals surface area contributed by atoms with Gasteiger partial charge in [0.15, 0.2) is 0 Å². The molecule has 1 aromatic heterocycles. The van der Waals surface area contributed by atoms with E-state index in [9.17, 15) is 8.42 Å². The smallest absolute Gasteiger partial charge is 0.264 e. The van der Waals surface area contributed by atoms with E-state index in [1.165, 1.54) is 4.31 Å². The third-order valence-electron chi connectivity index (χ3n) is 4.47. The van der Waals surface area contributed by atoms with E-state index >= 15 is 0 Å². The molecule has 0 aliphatic carbocycles. The molecule has 6 nitrogen and oxygen atoms in total. The van der Waals surface area contributed by atoms with E-state index in [1.54, 1.807) is 72.8 Å². The van der Waals surface area contributed by atoms with Crippen LogP contribution in [0.25, 0.3) is 11.5 Å². The number of sulfonamides is 1. The van der Waals surface area contributed by atoms with Crippen molar-refractivity contribution in [2.45, 2.75) is 18.4 Å².